The van der Waals surface area contributed by atoms with Crippen LogP contribution < -0.4 is 4.74 Å². The fraction of sp³-hybridized carbons (Fsp3) is 0.294. The van der Waals surface area contributed by atoms with Crippen molar-refractivity contribution >= 4 is 10.1 Å². The van der Waals surface area contributed by atoms with Crippen LogP contribution in [0.3, 0.4) is 0 Å². The fourth-order valence-corrected chi connectivity index (χ4v) is 3.29. The molecule has 124 valence electrons. The SMILES string of the molecule is Cc1ccccc1S(=O)(=O)OC(C)OC(C)Oc1ccccc1. The van der Waals surface area contributed by atoms with Gasteiger partial charge in [0.25, 0.3) is 10.1 Å². The van der Waals surface area contributed by atoms with Gasteiger partial charge in [-0.1, -0.05) is 36.4 Å². The normalized spacial score (nSPS) is 14.2. The minimum atomic E-state index is -3.89. The van der Waals surface area contributed by atoms with Crippen molar-refractivity contribution in [2.24, 2.45) is 0 Å². The molecule has 0 fully saturated rings. The molecule has 2 rings (SSSR count). The van der Waals surface area contributed by atoms with Gasteiger partial charge in [0.1, 0.15) is 5.75 Å². The molecule has 0 spiro atoms. The molecule has 0 heterocycles. The van der Waals surface area contributed by atoms with Crippen molar-refractivity contribution < 1.29 is 22.1 Å². The summed E-state index contributed by atoms with van der Waals surface area (Å²) in [7, 11) is -3.89. The first-order valence-electron chi connectivity index (χ1n) is 7.24. The number of benzene rings is 2. The second-order valence-electron chi connectivity index (χ2n) is 5.02. The maximum atomic E-state index is 12.3. The van der Waals surface area contributed by atoms with Crippen LogP contribution in [0.25, 0.3) is 0 Å². The highest BCUT2D eigenvalue weighted by Gasteiger charge is 2.22. The van der Waals surface area contributed by atoms with Gasteiger partial charge in [-0.05, 0) is 44.5 Å². The Hall–Kier alpha value is -1.89. The third kappa shape index (κ3) is 5.06. The van der Waals surface area contributed by atoms with E-state index in [9.17, 15) is 8.42 Å². The molecule has 2 atom stereocenters. The molecule has 0 aliphatic rings. The summed E-state index contributed by atoms with van der Waals surface area (Å²) in [6.45, 7) is 4.90. The molecule has 2 aromatic rings. The van der Waals surface area contributed by atoms with Crippen LogP contribution in [0.2, 0.25) is 0 Å². The Bertz CT molecular complexity index is 728. The van der Waals surface area contributed by atoms with Gasteiger partial charge in [0.2, 0.25) is 0 Å². The summed E-state index contributed by atoms with van der Waals surface area (Å²) in [5, 5.41) is 0. The van der Waals surface area contributed by atoms with Crippen molar-refractivity contribution in [3.8, 4) is 5.75 Å². The van der Waals surface area contributed by atoms with E-state index >= 15 is 0 Å². The summed E-state index contributed by atoms with van der Waals surface area (Å²) in [6.07, 6.45) is -1.63. The van der Waals surface area contributed by atoms with Crippen LogP contribution in [-0.2, 0) is 19.0 Å². The number of para-hydroxylation sites is 1. The van der Waals surface area contributed by atoms with Gasteiger partial charge in [-0.25, -0.2) is 4.18 Å². The highest BCUT2D eigenvalue weighted by Crippen LogP contribution is 2.19. The van der Waals surface area contributed by atoms with Crippen molar-refractivity contribution in [2.75, 3.05) is 0 Å². The Morgan fingerprint density at radius 1 is 0.870 bits per heavy atom. The van der Waals surface area contributed by atoms with Crippen LogP contribution in [0.4, 0.5) is 0 Å². The van der Waals surface area contributed by atoms with Crippen LogP contribution in [0.15, 0.2) is 59.5 Å². The summed E-state index contributed by atoms with van der Waals surface area (Å²) in [4.78, 5) is 0.132. The molecule has 5 nitrogen and oxygen atoms in total. The Kier molecular flexibility index (Phi) is 5.76. The standard InChI is InChI=1S/C17H20O5S/c1-13-9-7-8-12-17(13)23(18,19)22-15(3)20-14(2)21-16-10-5-4-6-11-16/h4-12,14-15H,1-3H3. The lowest BCUT2D eigenvalue weighted by Crippen LogP contribution is -2.26. The Morgan fingerprint density at radius 2 is 1.48 bits per heavy atom. The highest BCUT2D eigenvalue weighted by atomic mass is 32.2. The Balaban J connectivity index is 1.96. The van der Waals surface area contributed by atoms with Gasteiger partial charge in [-0.3, -0.25) is 0 Å². The predicted molar refractivity (Wildman–Crippen MR) is 86.5 cm³/mol. The average molecular weight is 336 g/mol. The summed E-state index contributed by atoms with van der Waals surface area (Å²) in [5.74, 6) is 0.633. The first kappa shape index (κ1) is 17.5. The fourth-order valence-electron chi connectivity index (χ4n) is 2.08. The lowest BCUT2D eigenvalue weighted by atomic mass is 10.2. The molecule has 2 unspecified atom stereocenters. The lowest BCUT2D eigenvalue weighted by Gasteiger charge is -2.20. The predicted octanol–water partition coefficient (Wildman–Crippen LogP) is 3.49. The average Bonchev–Trinajstić information content (AvgIpc) is 2.47. The van der Waals surface area contributed by atoms with E-state index in [0.29, 0.717) is 11.3 Å². The third-order valence-electron chi connectivity index (χ3n) is 3.05. The summed E-state index contributed by atoms with van der Waals surface area (Å²) >= 11 is 0. The summed E-state index contributed by atoms with van der Waals surface area (Å²) in [6, 6.07) is 15.8. The number of rotatable bonds is 7. The minimum Gasteiger partial charge on any atom is -0.465 e. The molecule has 6 heteroatoms. The van der Waals surface area contributed by atoms with Gasteiger partial charge in [0.05, 0.1) is 4.90 Å². The zero-order valence-corrected chi connectivity index (χ0v) is 14.1. The van der Waals surface area contributed by atoms with Crippen LogP contribution in [0.1, 0.15) is 19.4 Å². The van der Waals surface area contributed by atoms with E-state index in [1.165, 1.54) is 13.0 Å². The smallest absolute Gasteiger partial charge is 0.299 e. The zero-order valence-electron chi connectivity index (χ0n) is 13.3. The number of hydrogen-bond acceptors (Lipinski definition) is 5. The molecule has 0 aliphatic carbocycles. The highest BCUT2D eigenvalue weighted by molar-refractivity contribution is 7.86. The van der Waals surface area contributed by atoms with Gasteiger partial charge >= 0.3 is 0 Å². The molecule has 0 saturated heterocycles. The molecule has 2 aromatic carbocycles. The number of ether oxygens (including phenoxy) is 2. The first-order chi connectivity index (χ1) is 10.9. The van der Waals surface area contributed by atoms with Crippen molar-refractivity contribution in [1.29, 1.82) is 0 Å². The van der Waals surface area contributed by atoms with Crippen LogP contribution in [0.5, 0.6) is 5.75 Å². The van der Waals surface area contributed by atoms with Crippen molar-refractivity contribution in [3.05, 3.63) is 60.2 Å². The molecule has 0 aromatic heterocycles. The van der Waals surface area contributed by atoms with Crippen molar-refractivity contribution in [3.63, 3.8) is 0 Å². The molecule has 23 heavy (non-hydrogen) atoms. The molecular weight excluding hydrogens is 316 g/mol. The van der Waals surface area contributed by atoms with Gasteiger partial charge < -0.3 is 9.47 Å². The molecule has 0 bridgehead atoms. The van der Waals surface area contributed by atoms with Crippen molar-refractivity contribution in [1.82, 2.24) is 0 Å². The summed E-state index contributed by atoms with van der Waals surface area (Å²) in [5.41, 5.74) is 0.619. The van der Waals surface area contributed by atoms with Crippen molar-refractivity contribution in [2.45, 2.75) is 38.2 Å². The second-order valence-corrected chi connectivity index (χ2v) is 6.56. The van der Waals surface area contributed by atoms with Crippen LogP contribution in [-0.4, -0.2) is 21.0 Å². The summed E-state index contributed by atoms with van der Waals surface area (Å²) < 4.78 is 40.6. The van der Waals surface area contributed by atoms with E-state index in [1.54, 1.807) is 44.2 Å². The van der Waals surface area contributed by atoms with Gasteiger partial charge in [-0.2, -0.15) is 8.42 Å². The van der Waals surface area contributed by atoms with E-state index in [1.807, 2.05) is 18.2 Å². The zero-order chi connectivity index (χ0) is 16.9. The number of aryl methyl sites for hydroxylation is 1. The van der Waals surface area contributed by atoms with Gasteiger partial charge in [0.15, 0.2) is 12.6 Å². The quantitative estimate of drug-likeness (QED) is 0.572. The second kappa shape index (κ2) is 7.59. The van der Waals surface area contributed by atoms with Gasteiger partial charge in [0, 0.05) is 0 Å². The monoisotopic (exact) mass is 336 g/mol. The van der Waals surface area contributed by atoms with E-state index in [0.717, 1.165) is 0 Å². The van der Waals surface area contributed by atoms with E-state index in [-0.39, 0.29) is 4.90 Å². The minimum absolute atomic E-state index is 0.132. The number of hydrogen-bond donors (Lipinski definition) is 0. The van der Waals surface area contributed by atoms with Gasteiger partial charge in [-0.15, -0.1) is 0 Å². The third-order valence-corrected chi connectivity index (χ3v) is 4.57. The van der Waals surface area contributed by atoms with E-state index < -0.39 is 22.7 Å². The molecule has 0 amide bonds. The van der Waals surface area contributed by atoms with Crippen LogP contribution in [0, 0.1) is 6.92 Å². The largest absolute Gasteiger partial charge is 0.465 e. The topological polar surface area (TPSA) is 61.8 Å². The Labute approximate surface area is 136 Å². The van der Waals surface area contributed by atoms with Crippen LogP contribution >= 0.6 is 0 Å². The maximum absolute atomic E-state index is 12.3. The Morgan fingerprint density at radius 3 is 2.13 bits per heavy atom. The first-order valence-corrected chi connectivity index (χ1v) is 8.65. The molecule has 0 radical (unpaired) electrons. The molecule has 0 N–H and O–H groups in total. The molecular formula is C17H20O5S. The molecule has 0 aliphatic heterocycles. The van der Waals surface area contributed by atoms with E-state index in [4.69, 9.17) is 13.7 Å². The van der Waals surface area contributed by atoms with E-state index in [2.05, 4.69) is 0 Å². The molecule has 0 saturated carbocycles. The lowest BCUT2D eigenvalue weighted by molar-refractivity contribution is -0.165. The maximum Gasteiger partial charge on any atom is 0.299 e.